The van der Waals surface area contributed by atoms with Gasteiger partial charge in [0.2, 0.25) is 0 Å². The molecule has 0 amide bonds. The van der Waals surface area contributed by atoms with Gasteiger partial charge in [0.15, 0.2) is 0 Å². The third kappa shape index (κ3) is 1.57. The summed E-state index contributed by atoms with van der Waals surface area (Å²) in [5.41, 5.74) is 0. The third-order valence-electron chi connectivity index (χ3n) is 2.08. The summed E-state index contributed by atoms with van der Waals surface area (Å²) in [7, 11) is 1.90. The summed E-state index contributed by atoms with van der Waals surface area (Å²) in [6, 6.07) is 2.06. The van der Waals surface area contributed by atoms with E-state index in [1.165, 1.54) is 0 Å². The summed E-state index contributed by atoms with van der Waals surface area (Å²) in [6.07, 6.45) is 2.03. The van der Waals surface area contributed by atoms with E-state index in [4.69, 9.17) is 0 Å². The van der Waals surface area contributed by atoms with E-state index in [1.807, 2.05) is 7.05 Å². The molecule has 1 N–H and O–H groups in total. The number of aryl methyl sites for hydroxylation is 1. The lowest BCUT2D eigenvalue weighted by molar-refractivity contribution is 0.847. The molecule has 0 saturated carbocycles. The first kappa shape index (κ1) is 9.40. The van der Waals surface area contributed by atoms with Gasteiger partial charge in [0, 0.05) is 13.5 Å². The highest BCUT2D eigenvalue weighted by Crippen LogP contribution is 2.24. The first-order valence-corrected chi connectivity index (χ1v) is 5.65. The fourth-order valence-electron chi connectivity index (χ4n) is 1.43. The molecule has 0 radical (unpaired) electrons. The maximum Gasteiger partial charge on any atom is 0.138 e. The van der Waals surface area contributed by atoms with Crippen LogP contribution in [0.2, 0.25) is 0 Å². The molecule has 0 aliphatic carbocycles. The van der Waals surface area contributed by atoms with Crippen molar-refractivity contribution in [3.63, 3.8) is 0 Å². The lowest BCUT2D eigenvalue weighted by Gasteiger charge is -2.03. The Bertz CT molecular complexity index is 436. The first-order valence-electron chi connectivity index (χ1n) is 4.77. The maximum absolute atomic E-state index is 4.50. The number of fused-ring (bicyclic) bond motifs is 1. The van der Waals surface area contributed by atoms with Gasteiger partial charge < -0.3 is 5.32 Å². The highest BCUT2D eigenvalue weighted by Gasteiger charge is 2.06. The SMILES string of the molecule is CCCc1nc(NC)c2ccsc2n1. The smallest absolute Gasteiger partial charge is 0.138 e. The molecule has 2 rings (SSSR count). The molecule has 0 atom stereocenters. The molecule has 0 fully saturated rings. The van der Waals surface area contributed by atoms with E-state index in [0.29, 0.717) is 0 Å². The van der Waals surface area contributed by atoms with Crippen molar-refractivity contribution in [2.24, 2.45) is 0 Å². The van der Waals surface area contributed by atoms with Crippen LogP contribution >= 0.6 is 11.3 Å². The molecule has 0 aliphatic rings. The van der Waals surface area contributed by atoms with E-state index in [0.717, 1.165) is 34.7 Å². The normalized spacial score (nSPS) is 10.7. The van der Waals surface area contributed by atoms with E-state index in [2.05, 4.69) is 33.7 Å². The van der Waals surface area contributed by atoms with Crippen LogP contribution in [0, 0.1) is 0 Å². The fraction of sp³-hybridized carbons (Fsp3) is 0.400. The molecule has 4 heteroatoms. The Balaban J connectivity index is 2.55. The van der Waals surface area contributed by atoms with Crippen LogP contribution in [0.3, 0.4) is 0 Å². The van der Waals surface area contributed by atoms with Crippen molar-refractivity contribution in [2.45, 2.75) is 19.8 Å². The molecule has 0 spiro atoms. The second-order valence-electron chi connectivity index (χ2n) is 3.13. The van der Waals surface area contributed by atoms with Crippen LogP contribution in [0.4, 0.5) is 5.82 Å². The molecule has 0 aliphatic heterocycles. The van der Waals surface area contributed by atoms with Crippen molar-refractivity contribution < 1.29 is 0 Å². The zero-order valence-corrected chi connectivity index (χ0v) is 9.19. The van der Waals surface area contributed by atoms with Gasteiger partial charge in [-0.25, -0.2) is 9.97 Å². The molecule has 3 nitrogen and oxygen atoms in total. The van der Waals surface area contributed by atoms with Crippen molar-refractivity contribution in [3.8, 4) is 0 Å². The lowest BCUT2D eigenvalue weighted by atomic mass is 10.3. The molecule has 0 saturated heterocycles. The van der Waals surface area contributed by atoms with Crippen molar-refractivity contribution in [3.05, 3.63) is 17.3 Å². The average molecular weight is 207 g/mol. The summed E-state index contributed by atoms with van der Waals surface area (Å²) in [5, 5.41) is 6.28. The molecular formula is C10H13N3S. The van der Waals surface area contributed by atoms with Crippen molar-refractivity contribution in [1.82, 2.24) is 9.97 Å². The predicted octanol–water partition coefficient (Wildman–Crippen LogP) is 2.69. The topological polar surface area (TPSA) is 37.8 Å². The highest BCUT2D eigenvalue weighted by atomic mass is 32.1. The van der Waals surface area contributed by atoms with Crippen LogP contribution in [0.5, 0.6) is 0 Å². The number of nitrogens with one attached hydrogen (secondary N) is 1. The molecule has 2 heterocycles. The number of nitrogens with zero attached hydrogens (tertiary/aromatic N) is 2. The van der Waals surface area contributed by atoms with Gasteiger partial charge in [-0.3, -0.25) is 0 Å². The van der Waals surface area contributed by atoms with Crippen molar-refractivity contribution in [2.75, 3.05) is 12.4 Å². The minimum atomic E-state index is 0.937. The van der Waals surface area contributed by atoms with Crippen LogP contribution in [-0.2, 0) is 6.42 Å². The van der Waals surface area contributed by atoms with Gasteiger partial charge in [-0.1, -0.05) is 6.92 Å². The van der Waals surface area contributed by atoms with Crippen molar-refractivity contribution >= 4 is 27.4 Å². The molecular weight excluding hydrogens is 194 g/mol. The van der Waals surface area contributed by atoms with Gasteiger partial charge in [-0.2, -0.15) is 0 Å². The number of thiophene rings is 1. The Morgan fingerprint density at radius 2 is 2.29 bits per heavy atom. The van der Waals surface area contributed by atoms with E-state index >= 15 is 0 Å². The second kappa shape index (κ2) is 3.92. The Morgan fingerprint density at radius 1 is 1.43 bits per heavy atom. The molecule has 0 unspecified atom stereocenters. The quantitative estimate of drug-likeness (QED) is 0.840. The zero-order valence-electron chi connectivity index (χ0n) is 8.37. The second-order valence-corrected chi connectivity index (χ2v) is 4.02. The third-order valence-corrected chi connectivity index (χ3v) is 2.89. The predicted molar refractivity (Wildman–Crippen MR) is 61.0 cm³/mol. The largest absolute Gasteiger partial charge is 0.372 e. The summed E-state index contributed by atoms with van der Waals surface area (Å²) < 4.78 is 0. The van der Waals surface area contributed by atoms with Gasteiger partial charge in [-0.15, -0.1) is 11.3 Å². The van der Waals surface area contributed by atoms with Gasteiger partial charge in [0.25, 0.3) is 0 Å². The van der Waals surface area contributed by atoms with Crippen LogP contribution in [0.1, 0.15) is 19.2 Å². The average Bonchev–Trinajstić information content (AvgIpc) is 2.65. The first-order chi connectivity index (χ1) is 6.85. The molecule has 0 bridgehead atoms. The van der Waals surface area contributed by atoms with Gasteiger partial charge in [-0.05, 0) is 17.9 Å². The Hall–Kier alpha value is -1.16. The summed E-state index contributed by atoms with van der Waals surface area (Å²) in [6.45, 7) is 2.14. The summed E-state index contributed by atoms with van der Waals surface area (Å²) in [5.74, 6) is 1.88. The number of anilines is 1. The summed E-state index contributed by atoms with van der Waals surface area (Å²) >= 11 is 1.67. The van der Waals surface area contributed by atoms with Gasteiger partial charge in [0.1, 0.15) is 16.5 Å². The standard InChI is InChI=1S/C10H13N3S/c1-3-4-8-12-9(11-2)7-5-6-14-10(7)13-8/h5-6H,3-4H2,1-2H3,(H,11,12,13). The van der Waals surface area contributed by atoms with E-state index in [-0.39, 0.29) is 0 Å². The monoisotopic (exact) mass is 207 g/mol. The minimum absolute atomic E-state index is 0.937. The van der Waals surface area contributed by atoms with E-state index in [9.17, 15) is 0 Å². The van der Waals surface area contributed by atoms with Crippen LogP contribution in [0.25, 0.3) is 10.2 Å². The maximum atomic E-state index is 4.50. The Morgan fingerprint density at radius 3 is 3.00 bits per heavy atom. The van der Waals surface area contributed by atoms with Crippen LogP contribution in [-0.4, -0.2) is 17.0 Å². The number of hydrogen-bond acceptors (Lipinski definition) is 4. The minimum Gasteiger partial charge on any atom is -0.372 e. The van der Waals surface area contributed by atoms with Crippen LogP contribution in [0.15, 0.2) is 11.4 Å². The molecule has 0 aromatic carbocycles. The number of aromatic nitrogens is 2. The molecule has 2 aromatic rings. The Kier molecular flexibility index (Phi) is 2.63. The zero-order chi connectivity index (χ0) is 9.97. The Labute approximate surface area is 87.2 Å². The number of hydrogen-bond donors (Lipinski definition) is 1. The van der Waals surface area contributed by atoms with Crippen LogP contribution < -0.4 is 5.32 Å². The van der Waals surface area contributed by atoms with Gasteiger partial charge in [0.05, 0.1) is 5.39 Å². The fourth-order valence-corrected chi connectivity index (χ4v) is 2.21. The molecule has 2 aromatic heterocycles. The lowest BCUT2D eigenvalue weighted by Crippen LogP contribution is -1.99. The molecule has 74 valence electrons. The number of rotatable bonds is 3. The summed E-state index contributed by atoms with van der Waals surface area (Å²) in [4.78, 5) is 10.0. The van der Waals surface area contributed by atoms with E-state index in [1.54, 1.807) is 11.3 Å². The van der Waals surface area contributed by atoms with E-state index < -0.39 is 0 Å². The highest BCUT2D eigenvalue weighted by molar-refractivity contribution is 7.16. The molecule has 14 heavy (non-hydrogen) atoms. The van der Waals surface area contributed by atoms with Gasteiger partial charge >= 0.3 is 0 Å². The van der Waals surface area contributed by atoms with Crippen molar-refractivity contribution in [1.29, 1.82) is 0 Å².